The molecule has 7 nitrogen and oxygen atoms in total. The van der Waals surface area contributed by atoms with Crippen LogP contribution in [0.5, 0.6) is 0 Å². The summed E-state index contributed by atoms with van der Waals surface area (Å²) in [5.74, 6) is 1.02. The lowest BCUT2D eigenvalue weighted by Gasteiger charge is -2.22. The van der Waals surface area contributed by atoms with Gasteiger partial charge >= 0.3 is 11.9 Å². The summed E-state index contributed by atoms with van der Waals surface area (Å²) in [6.07, 6.45) is 39.6. The lowest BCUT2D eigenvalue weighted by Crippen LogP contribution is -2.28. The maximum absolute atomic E-state index is 12.9. The molecule has 0 rings (SSSR count). The van der Waals surface area contributed by atoms with E-state index in [-0.39, 0.29) is 23.9 Å². The second-order valence-corrected chi connectivity index (χ2v) is 17.8. The normalized spacial score (nSPS) is 12.5. The van der Waals surface area contributed by atoms with Crippen molar-refractivity contribution in [2.24, 2.45) is 5.92 Å². The Bertz CT molecular complexity index is 896. The SMILES string of the molecule is CCCCCCCCCOC(=O)CCCCCCCN(CCCCCCCC(=O)OC(CCCCCCCC)CCCCCC(C)CC)CCCCC(=O)N(C)C. The number of hydrogen-bond donors (Lipinski definition) is 0. The van der Waals surface area contributed by atoms with Crippen LogP contribution in [0.15, 0.2) is 0 Å². The quantitative estimate of drug-likeness (QED) is 0.0451. The number of rotatable bonds is 44. The average Bonchev–Trinajstić information content (AvgIpc) is 3.19. The number of ether oxygens (including phenoxy) is 2. The minimum Gasteiger partial charge on any atom is -0.466 e. The number of nitrogens with zero attached hydrogens (tertiary/aromatic N) is 2. The molecule has 0 aromatic rings. The van der Waals surface area contributed by atoms with Gasteiger partial charge in [-0.2, -0.15) is 0 Å². The molecule has 0 saturated heterocycles. The van der Waals surface area contributed by atoms with Crippen molar-refractivity contribution in [3.8, 4) is 0 Å². The van der Waals surface area contributed by atoms with Gasteiger partial charge < -0.3 is 19.3 Å². The summed E-state index contributed by atoms with van der Waals surface area (Å²) in [6.45, 7) is 13.0. The van der Waals surface area contributed by atoms with Crippen molar-refractivity contribution in [1.82, 2.24) is 9.80 Å². The fraction of sp³-hybridized carbons (Fsp3) is 0.940. The summed E-state index contributed by atoms with van der Waals surface area (Å²) < 4.78 is 11.5. The van der Waals surface area contributed by atoms with Crippen molar-refractivity contribution in [2.45, 2.75) is 259 Å². The zero-order valence-electron chi connectivity index (χ0n) is 39.2. The molecule has 338 valence electrons. The van der Waals surface area contributed by atoms with Gasteiger partial charge in [-0.1, -0.05) is 163 Å². The third-order valence-corrected chi connectivity index (χ3v) is 11.9. The molecule has 0 fully saturated rings. The van der Waals surface area contributed by atoms with E-state index in [1.54, 1.807) is 4.90 Å². The van der Waals surface area contributed by atoms with Crippen LogP contribution >= 0.6 is 0 Å². The molecule has 0 radical (unpaired) electrons. The molecular weight excluding hydrogens is 709 g/mol. The second-order valence-electron chi connectivity index (χ2n) is 17.8. The number of esters is 2. The van der Waals surface area contributed by atoms with Crippen LogP contribution in [-0.2, 0) is 23.9 Å². The van der Waals surface area contributed by atoms with E-state index in [4.69, 9.17) is 9.47 Å². The van der Waals surface area contributed by atoms with Crippen molar-refractivity contribution in [3.05, 3.63) is 0 Å². The predicted octanol–water partition coefficient (Wildman–Crippen LogP) is 14.2. The highest BCUT2D eigenvalue weighted by Crippen LogP contribution is 2.20. The highest BCUT2D eigenvalue weighted by Gasteiger charge is 2.15. The Hall–Kier alpha value is -1.63. The van der Waals surface area contributed by atoms with E-state index in [1.807, 2.05) is 14.1 Å². The van der Waals surface area contributed by atoms with Crippen molar-refractivity contribution < 1.29 is 23.9 Å². The molecule has 0 aliphatic heterocycles. The molecule has 2 unspecified atom stereocenters. The first-order chi connectivity index (χ1) is 27.7. The summed E-state index contributed by atoms with van der Waals surface area (Å²) >= 11 is 0. The Morgan fingerprint density at radius 2 is 0.860 bits per heavy atom. The van der Waals surface area contributed by atoms with Gasteiger partial charge in [0.05, 0.1) is 6.61 Å². The monoisotopic (exact) mass is 807 g/mol. The Labute approximate surface area is 355 Å². The highest BCUT2D eigenvalue weighted by atomic mass is 16.5. The van der Waals surface area contributed by atoms with E-state index < -0.39 is 0 Å². The zero-order chi connectivity index (χ0) is 42.0. The molecule has 0 heterocycles. The minimum absolute atomic E-state index is 0.0169. The van der Waals surface area contributed by atoms with Gasteiger partial charge in [-0.25, -0.2) is 0 Å². The van der Waals surface area contributed by atoms with E-state index in [2.05, 4.69) is 32.6 Å². The molecule has 0 saturated carbocycles. The fourth-order valence-electron chi connectivity index (χ4n) is 7.66. The topological polar surface area (TPSA) is 76.1 Å². The van der Waals surface area contributed by atoms with Crippen molar-refractivity contribution in [2.75, 3.05) is 40.3 Å². The highest BCUT2D eigenvalue weighted by molar-refractivity contribution is 5.75. The van der Waals surface area contributed by atoms with E-state index in [0.717, 1.165) is 96.2 Å². The van der Waals surface area contributed by atoms with E-state index >= 15 is 0 Å². The molecule has 2 atom stereocenters. The first-order valence-electron chi connectivity index (χ1n) is 25.0. The minimum atomic E-state index is -0.0270. The van der Waals surface area contributed by atoms with Crippen molar-refractivity contribution >= 4 is 17.8 Å². The maximum Gasteiger partial charge on any atom is 0.306 e. The molecule has 0 spiro atoms. The second kappa shape index (κ2) is 42.5. The zero-order valence-corrected chi connectivity index (χ0v) is 39.2. The van der Waals surface area contributed by atoms with Gasteiger partial charge in [-0.15, -0.1) is 0 Å². The molecule has 1 amide bonds. The first-order valence-corrected chi connectivity index (χ1v) is 25.0. The summed E-state index contributed by atoms with van der Waals surface area (Å²) in [5, 5.41) is 0. The fourth-order valence-corrected chi connectivity index (χ4v) is 7.66. The molecule has 0 aromatic carbocycles. The van der Waals surface area contributed by atoms with Gasteiger partial charge in [0.25, 0.3) is 0 Å². The average molecular weight is 807 g/mol. The molecule has 7 heteroatoms. The Kier molecular flexibility index (Phi) is 41.3. The van der Waals surface area contributed by atoms with Gasteiger partial charge in [0.1, 0.15) is 6.10 Å². The Morgan fingerprint density at radius 1 is 0.456 bits per heavy atom. The summed E-state index contributed by atoms with van der Waals surface area (Å²) in [6, 6.07) is 0. The maximum atomic E-state index is 12.9. The van der Waals surface area contributed by atoms with Crippen LogP contribution in [0.4, 0.5) is 0 Å². The van der Waals surface area contributed by atoms with Crippen LogP contribution in [0.3, 0.4) is 0 Å². The molecule has 0 aliphatic rings. The molecule has 0 N–H and O–H groups in total. The van der Waals surface area contributed by atoms with Crippen LogP contribution in [0, 0.1) is 5.92 Å². The number of amides is 1. The summed E-state index contributed by atoms with van der Waals surface area (Å²) in [5.41, 5.74) is 0. The summed E-state index contributed by atoms with van der Waals surface area (Å²) in [4.78, 5) is 41.3. The molecule has 0 bridgehead atoms. The van der Waals surface area contributed by atoms with Gasteiger partial charge in [0, 0.05) is 33.4 Å². The first kappa shape index (κ1) is 55.4. The van der Waals surface area contributed by atoms with E-state index in [0.29, 0.717) is 25.9 Å². The lowest BCUT2D eigenvalue weighted by molar-refractivity contribution is -0.150. The van der Waals surface area contributed by atoms with Gasteiger partial charge in [-0.05, 0) is 96.2 Å². The van der Waals surface area contributed by atoms with Gasteiger partial charge in [-0.3, -0.25) is 14.4 Å². The Morgan fingerprint density at radius 3 is 1.39 bits per heavy atom. The number of unbranched alkanes of at least 4 members (excludes halogenated alkanes) is 22. The summed E-state index contributed by atoms with van der Waals surface area (Å²) in [7, 11) is 3.67. The molecule has 0 aliphatic carbocycles. The number of hydrogen-bond acceptors (Lipinski definition) is 6. The van der Waals surface area contributed by atoms with Crippen LogP contribution in [0.2, 0.25) is 0 Å². The van der Waals surface area contributed by atoms with Crippen LogP contribution in [-0.4, -0.2) is 74.1 Å². The van der Waals surface area contributed by atoms with E-state index in [1.165, 1.54) is 135 Å². The third kappa shape index (κ3) is 39.6. The number of carbonyl (C=O) groups excluding carboxylic acids is 3. The standard InChI is InChI=1S/C50H98N2O5/c1-7-10-12-14-16-24-35-45-56-49(54)40-29-20-17-22-32-42-52(44-34-31-39-48(53)51(5)6)43-33-23-18-21-30-41-50(55)57-47(37-27-19-15-13-11-8-2)38-28-25-26-36-46(4)9-3/h46-47H,7-45H2,1-6H3. The third-order valence-electron chi connectivity index (χ3n) is 11.9. The lowest BCUT2D eigenvalue weighted by atomic mass is 9.98. The number of carbonyl (C=O) groups is 3. The largest absolute Gasteiger partial charge is 0.466 e. The molecule has 57 heavy (non-hydrogen) atoms. The smallest absolute Gasteiger partial charge is 0.306 e. The predicted molar refractivity (Wildman–Crippen MR) is 244 cm³/mol. The van der Waals surface area contributed by atoms with Gasteiger partial charge in [0.15, 0.2) is 0 Å². The molecule has 0 aromatic heterocycles. The Balaban J connectivity index is 4.39. The molecular formula is C50H98N2O5. The van der Waals surface area contributed by atoms with Crippen LogP contribution < -0.4 is 0 Å². The van der Waals surface area contributed by atoms with Crippen LogP contribution in [0.25, 0.3) is 0 Å². The van der Waals surface area contributed by atoms with Gasteiger partial charge in [0.2, 0.25) is 5.91 Å². The van der Waals surface area contributed by atoms with E-state index in [9.17, 15) is 14.4 Å². The van der Waals surface area contributed by atoms with Crippen molar-refractivity contribution in [1.29, 1.82) is 0 Å². The van der Waals surface area contributed by atoms with Crippen molar-refractivity contribution in [3.63, 3.8) is 0 Å². The van der Waals surface area contributed by atoms with Crippen LogP contribution in [0.1, 0.15) is 252 Å².